The Bertz CT molecular complexity index is 655. The molecule has 0 aromatic heterocycles. The molecule has 0 radical (unpaired) electrons. The van der Waals surface area contributed by atoms with Gasteiger partial charge < -0.3 is 5.11 Å². The number of anilines is 1. The molecule has 0 aliphatic carbocycles. The van der Waals surface area contributed by atoms with Crippen LogP contribution in [0.5, 0.6) is 0 Å². The lowest BCUT2D eigenvalue weighted by atomic mass is 9.92. The zero-order valence-electron chi connectivity index (χ0n) is 11.9. The average molecular weight is 306 g/mol. The number of nitrogens with zero attached hydrogens (tertiary/aromatic N) is 1. The van der Waals surface area contributed by atoms with Crippen LogP contribution in [0.1, 0.15) is 32.3 Å². The molecule has 2 rings (SSSR count). The Hall–Kier alpha value is -1.83. The van der Waals surface area contributed by atoms with Crippen LogP contribution in [0.2, 0.25) is 5.02 Å². The van der Waals surface area contributed by atoms with E-state index in [0.29, 0.717) is 22.7 Å². The number of benzene rings is 1. The minimum atomic E-state index is -0.702. The van der Waals surface area contributed by atoms with Gasteiger partial charge in [-0.2, -0.15) is 0 Å². The molecule has 1 fully saturated rings. The third kappa shape index (κ3) is 3.10. The standard InChI is InChI=1S/C16H16ClNO3/c1-16(2)10-14(20)18(15(16)21)13-7-6-12(17)9-11(13)5-3-4-8-19/h6-7,9,19H,4,8,10H2,1-2H3. The third-order valence-electron chi connectivity index (χ3n) is 3.28. The van der Waals surface area contributed by atoms with Crippen molar-refractivity contribution < 1.29 is 14.7 Å². The first-order chi connectivity index (χ1) is 9.86. The number of amides is 2. The molecule has 2 amide bonds. The maximum atomic E-state index is 12.4. The van der Waals surface area contributed by atoms with Crippen LogP contribution in [-0.4, -0.2) is 23.5 Å². The van der Waals surface area contributed by atoms with Crippen molar-refractivity contribution in [3.63, 3.8) is 0 Å². The van der Waals surface area contributed by atoms with E-state index in [9.17, 15) is 9.59 Å². The van der Waals surface area contributed by atoms with Gasteiger partial charge in [0.05, 0.1) is 23.3 Å². The number of aliphatic hydroxyl groups is 1. The lowest BCUT2D eigenvalue weighted by Crippen LogP contribution is -2.33. The predicted octanol–water partition coefficient (Wildman–Crippen LogP) is 2.36. The van der Waals surface area contributed by atoms with Gasteiger partial charge in [-0.1, -0.05) is 37.3 Å². The van der Waals surface area contributed by atoms with Gasteiger partial charge in [0.1, 0.15) is 0 Å². The van der Waals surface area contributed by atoms with Gasteiger partial charge in [0.15, 0.2) is 0 Å². The van der Waals surface area contributed by atoms with Gasteiger partial charge in [0.2, 0.25) is 11.8 Å². The molecule has 1 aliphatic heterocycles. The normalized spacial score (nSPS) is 16.9. The van der Waals surface area contributed by atoms with E-state index in [1.807, 2.05) is 0 Å². The van der Waals surface area contributed by atoms with Gasteiger partial charge >= 0.3 is 0 Å². The van der Waals surface area contributed by atoms with E-state index < -0.39 is 5.41 Å². The molecular weight excluding hydrogens is 290 g/mol. The summed E-state index contributed by atoms with van der Waals surface area (Å²) in [6.45, 7) is 3.46. The van der Waals surface area contributed by atoms with E-state index in [2.05, 4.69) is 11.8 Å². The molecule has 4 nitrogen and oxygen atoms in total. The first-order valence-corrected chi connectivity index (χ1v) is 7.01. The molecule has 1 aliphatic rings. The van der Waals surface area contributed by atoms with Gasteiger partial charge in [0, 0.05) is 17.9 Å². The fraction of sp³-hybridized carbons (Fsp3) is 0.375. The maximum Gasteiger partial charge on any atom is 0.239 e. The fourth-order valence-corrected chi connectivity index (χ4v) is 2.38. The molecule has 0 atom stereocenters. The molecule has 1 aromatic carbocycles. The summed E-state index contributed by atoms with van der Waals surface area (Å²) < 4.78 is 0. The number of hydrogen-bond donors (Lipinski definition) is 1. The molecule has 0 unspecified atom stereocenters. The van der Waals surface area contributed by atoms with Crippen LogP contribution in [-0.2, 0) is 9.59 Å². The number of carbonyl (C=O) groups excluding carboxylic acids is 2. The quantitative estimate of drug-likeness (QED) is 0.674. The molecule has 21 heavy (non-hydrogen) atoms. The highest BCUT2D eigenvalue weighted by Gasteiger charge is 2.46. The van der Waals surface area contributed by atoms with E-state index >= 15 is 0 Å². The summed E-state index contributed by atoms with van der Waals surface area (Å²) in [4.78, 5) is 25.7. The summed E-state index contributed by atoms with van der Waals surface area (Å²) >= 11 is 5.96. The summed E-state index contributed by atoms with van der Waals surface area (Å²) in [5.41, 5.74) is 0.257. The Morgan fingerprint density at radius 3 is 2.67 bits per heavy atom. The second kappa shape index (κ2) is 5.88. The summed E-state index contributed by atoms with van der Waals surface area (Å²) in [7, 11) is 0. The van der Waals surface area contributed by atoms with Crippen molar-refractivity contribution in [1.82, 2.24) is 0 Å². The minimum absolute atomic E-state index is 0.0441. The second-order valence-corrected chi connectivity index (χ2v) is 5.97. The van der Waals surface area contributed by atoms with E-state index in [0.717, 1.165) is 0 Å². The highest BCUT2D eigenvalue weighted by atomic mass is 35.5. The SMILES string of the molecule is CC1(C)CC(=O)N(c2ccc(Cl)cc2C#CCCO)C1=O. The molecule has 5 heteroatoms. The van der Waals surface area contributed by atoms with Crippen LogP contribution in [0.4, 0.5) is 5.69 Å². The molecule has 1 heterocycles. The number of carbonyl (C=O) groups is 2. The molecular formula is C16H16ClNO3. The Labute approximate surface area is 128 Å². The second-order valence-electron chi connectivity index (χ2n) is 5.53. The lowest BCUT2D eigenvalue weighted by molar-refractivity contribution is -0.124. The van der Waals surface area contributed by atoms with Crippen molar-refractivity contribution in [1.29, 1.82) is 0 Å². The van der Waals surface area contributed by atoms with Gasteiger partial charge in [0.25, 0.3) is 0 Å². The van der Waals surface area contributed by atoms with Crippen molar-refractivity contribution >= 4 is 29.1 Å². The molecule has 110 valence electrons. The van der Waals surface area contributed by atoms with Crippen LogP contribution in [0.3, 0.4) is 0 Å². The third-order valence-corrected chi connectivity index (χ3v) is 3.52. The number of halogens is 1. The van der Waals surface area contributed by atoms with Crippen LogP contribution < -0.4 is 4.90 Å². The van der Waals surface area contributed by atoms with Gasteiger partial charge in [-0.05, 0) is 18.2 Å². The number of imide groups is 1. The summed E-state index contributed by atoms with van der Waals surface area (Å²) in [5.74, 6) is 5.17. The molecule has 1 saturated heterocycles. The Morgan fingerprint density at radius 1 is 1.38 bits per heavy atom. The molecule has 1 aromatic rings. The summed E-state index contributed by atoms with van der Waals surface area (Å²) in [6.07, 6.45) is 0.497. The van der Waals surface area contributed by atoms with Crippen LogP contribution in [0, 0.1) is 17.3 Å². The zero-order chi connectivity index (χ0) is 15.6. The number of rotatable bonds is 2. The van der Waals surface area contributed by atoms with Crippen LogP contribution >= 0.6 is 11.6 Å². The lowest BCUT2D eigenvalue weighted by Gasteiger charge is -2.19. The van der Waals surface area contributed by atoms with Gasteiger partial charge in [-0.15, -0.1) is 0 Å². The smallest absolute Gasteiger partial charge is 0.239 e. The van der Waals surface area contributed by atoms with Crippen molar-refractivity contribution in [2.24, 2.45) is 5.41 Å². The topological polar surface area (TPSA) is 57.6 Å². The highest BCUT2D eigenvalue weighted by molar-refractivity contribution is 6.31. The highest BCUT2D eigenvalue weighted by Crippen LogP contribution is 2.36. The largest absolute Gasteiger partial charge is 0.395 e. The number of aliphatic hydroxyl groups excluding tert-OH is 1. The molecule has 0 spiro atoms. The molecule has 1 N–H and O–H groups in total. The van der Waals surface area contributed by atoms with Gasteiger partial charge in [-0.25, -0.2) is 4.90 Å². The van der Waals surface area contributed by atoms with E-state index in [1.165, 1.54) is 4.90 Å². The summed E-state index contributed by atoms with van der Waals surface area (Å²) in [5, 5.41) is 9.26. The van der Waals surface area contributed by atoms with Crippen molar-refractivity contribution in [2.45, 2.75) is 26.7 Å². The Balaban J connectivity index is 2.47. The van der Waals surface area contributed by atoms with Crippen LogP contribution in [0.25, 0.3) is 0 Å². The first kappa shape index (κ1) is 15.6. The van der Waals surface area contributed by atoms with Crippen molar-refractivity contribution in [2.75, 3.05) is 11.5 Å². The molecule has 0 bridgehead atoms. The minimum Gasteiger partial charge on any atom is -0.395 e. The first-order valence-electron chi connectivity index (χ1n) is 6.63. The van der Waals surface area contributed by atoms with Gasteiger partial charge in [-0.3, -0.25) is 9.59 Å². The fourth-order valence-electron chi connectivity index (χ4n) is 2.21. The Kier molecular flexibility index (Phi) is 4.36. The monoisotopic (exact) mass is 305 g/mol. The summed E-state index contributed by atoms with van der Waals surface area (Å²) in [6, 6.07) is 4.87. The van der Waals surface area contributed by atoms with Crippen molar-refractivity contribution in [3.8, 4) is 11.8 Å². The Morgan fingerprint density at radius 2 is 2.10 bits per heavy atom. The maximum absolute atomic E-state index is 12.4. The predicted molar refractivity (Wildman–Crippen MR) is 80.9 cm³/mol. The van der Waals surface area contributed by atoms with Crippen LogP contribution in [0.15, 0.2) is 18.2 Å². The van der Waals surface area contributed by atoms with E-state index in [4.69, 9.17) is 16.7 Å². The zero-order valence-corrected chi connectivity index (χ0v) is 12.7. The van der Waals surface area contributed by atoms with E-state index in [-0.39, 0.29) is 24.8 Å². The van der Waals surface area contributed by atoms with E-state index in [1.54, 1.807) is 32.0 Å². The van der Waals surface area contributed by atoms with Crippen molar-refractivity contribution in [3.05, 3.63) is 28.8 Å². The number of hydrogen-bond acceptors (Lipinski definition) is 3. The average Bonchev–Trinajstić information content (AvgIpc) is 2.60. The molecule has 0 saturated carbocycles.